The number of fused-ring (bicyclic) bond motifs is 1. The Morgan fingerprint density at radius 2 is 1.95 bits per heavy atom. The first-order chi connectivity index (χ1) is 8.97. The SMILES string of the molecule is CC.Cc1cnn2c1C(C)(C(C)C)OC1(COC1)C2. The van der Waals surface area contributed by atoms with Crippen molar-refractivity contribution in [3.05, 3.63) is 17.5 Å². The molecule has 1 saturated heterocycles. The molecule has 108 valence electrons. The standard InChI is InChI=1S/C13H20N2O2.C2H6/c1-9(2)12(4)11-10(3)5-14-15(11)6-13(17-12)7-16-8-13;1-2/h5,9H,6-8H2,1-4H3;1-2H3. The highest BCUT2D eigenvalue weighted by Gasteiger charge is 2.53. The van der Waals surface area contributed by atoms with E-state index in [0.717, 1.165) is 6.54 Å². The number of aromatic nitrogens is 2. The minimum Gasteiger partial charge on any atom is -0.375 e. The van der Waals surface area contributed by atoms with Gasteiger partial charge >= 0.3 is 0 Å². The van der Waals surface area contributed by atoms with Gasteiger partial charge in [0.1, 0.15) is 11.2 Å². The Balaban J connectivity index is 0.000000637. The smallest absolute Gasteiger partial charge is 0.135 e. The van der Waals surface area contributed by atoms with E-state index in [-0.39, 0.29) is 11.2 Å². The number of hydrogen-bond donors (Lipinski definition) is 0. The zero-order valence-electron chi connectivity index (χ0n) is 13.0. The van der Waals surface area contributed by atoms with Crippen LogP contribution in [0.5, 0.6) is 0 Å². The average Bonchev–Trinajstić information content (AvgIpc) is 2.72. The number of rotatable bonds is 1. The van der Waals surface area contributed by atoms with Crippen LogP contribution in [0.2, 0.25) is 0 Å². The minimum atomic E-state index is -0.261. The molecule has 0 saturated carbocycles. The zero-order valence-corrected chi connectivity index (χ0v) is 13.0. The summed E-state index contributed by atoms with van der Waals surface area (Å²) in [6.45, 7) is 14.9. The van der Waals surface area contributed by atoms with Crippen molar-refractivity contribution >= 4 is 0 Å². The van der Waals surface area contributed by atoms with Crippen LogP contribution >= 0.6 is 0 Å². The molecule has 1 spiro atoms. The molecule has 1 aromatic rings. The molecule has 4 heteroatoms. The zero-order chi connectivity index (χ0) is 14.3. The second kappa shape index (κ2) is 4.91. The topological polar surface area (TPSA) is 36.3 Å². The van der Waals surface area contributed by atoms with Gasteiger partial charge in [-0.25, -0.2) is 0 Å². The monoisotopic (exact) mass is 266 g/mol. The van der Waals surface area contributed by atoms with Crippen molar-refractivity contribution in [2.75, 3.05) is 13.2 Å². The first-order valence-electron chi connectivity index (χ1n) is 7.28. The first-order valence-corrected chi connectivity index (χ1v) is 7.28. The fourth-order valence-corrected chi connectivity index (χ4v) is 2.92. The van der Waals surface area contributed by atoms with E-state index in [1.165, 1.54) is 11.3 Å². The van der Waals surface area contributed by atoms with Gasteiger partial charge in [-0.3, -0.25) is 4.68 Å². The minimum absolute atomic E-state index is 0.148. The summed E-state index contributed by atoms with van der Waals surface area (Å²) in [6, 6.07) is 0. The molecule has 0 aliphatic carbocycles. The maximum Gasteiger partial charge on any atom is 0.135 e. The normalized spacial score (nSPS) is 27.5. The van der Waals surface area contributed by atoms with Crippen molar-refractivity contribution in [1.82, 2.24) is 9.78 Å². The Morgan fingerprint density at radius 1 is 1.32 bits per heavy atom. The highest BCUT2D eigenvalue weighted by molar-refractivity contribution is 5.26. The fourth-order valence-electron chi connectivity index (χ4n) is 2.92. The van der Waals surface area contributed by atoms with Gasteiger partial charge in [0.05, 0.1) is 31.6 Å². The van der Waals surface area contributed by atoms with Gasteiger partial charge in [0, 0.05) is 0 Å². The molecule has 19 heavy (non-hydrogen) atoms. The molecule has 0 N–H and O–H groups in total. The summed E-state index contributed by atoms with van der Waals surface area (Å²) in [5.74, 6) is 0.412. The van der Waals surface area contributed by atoms with Crippen LogP contribution in [0.1, 0.15) is 45.9 Å². The predicted molar refractivity (Wildman–Crippen MR) is 75.1 cm³/mol. The Bertz CT molecular complexity index is 449. The summed E-state index contributed by atoms with van der Waals surface area (Å²) in [5, 5.41) is 4.49. The molecule has 0 aromatic carbocycles. The number of aryl methyl sites for hydroxylation is 1. The van der Waals surface area contributed by atoms with Crippen molar-refractivity contribution in [2.45, 2.75) is 59.3 Å². The lowest BCUT2D eigenvalue weighted by atomic mass is 9.83. The van der Waals surface area contributed by atoms with Crippen LogP contribution in [0, 0.1) is 12.8 Å². The van der Waals surface area contributed by atoms with Crippen LogP contribution in [0.3, 0.4) is 0 Å². The highest BCUT2D eigenvalue weighted by atomic mass is 16.6. The molecule has 1 unspecified atom stereocenters. The lowest BCUT2D eigenvalue weighted by Gasteiger charge is -2.52. The number of hydrogen-bond acceptors (Lipinski definition) is 3. The first kappa shape index (κ1) is 14.5. The lowest BCUT2D eigenvalue weighted by Crippen LogP contribution is -2.62. The van der Waals surface area contributed by atoms with Crippen molar-refractivity contribution in [2.24, 2.45) is 5.92 Å². The molecule has 1 aromatic heterocycles. The van der Waals surface area contributed by atoms with Crippen LogP contribution in [-0.4, -0.2) is 28.6 Å². The maximum absolute atomic E-state index is 6.44. The Kier molecular flexibility index (Phi) is 3.76. The van der Waals surface area contributed by atoms with Crippen molar-refractivity contribution in [1.29, 1.82) is 0 Å². The van der Waals surface area contributed by atoms with Crippen LogP contribution in [0.4, 0.5) is 0 Å². The summed E-state index contributed by atoms with van der Waals surface area (Å²) in [7, 11) is 0. The summed E-state index contributed by atoms with van der Waals surface area (Å²) in [4.78, 5) is 0. The second-order valence-corrected chi connectivity index (χ2v) is 5.87. The third-order valence-corrected chi connectivity index (χ3v) is 4.19. The van der Waals surface area contributed by atoms with E-state index in [2.05, 4.69) is 37.5 Å². The van der Waals surface area contributed by atoms with Gasteiger partial charge in [-0.2, -0.15) is 5.10 Å². The van der Waals surface area contributed by atoms with Crippen LogP contribution in [-0.2, 0) is 21.6 Å². The third-order valence-electron chi connectivity index (χ3n) is 4.19. The maximum atomic E-state index is 6.44. The highest BCUT2D eigenvalue weighted by Crippen LogP contribution is 2.45. The van der Waals surface area contributed by atoms with Crippen molar-refractivity contribution in [3.63, 3.8) is 0 Å². The molecule has 1 fully saturated rings. The summed E-state index contributed by atoms with van der Waals surface area (Å²) >= 11 is 0. The quantitative estimate of drug-likeness (QED) is 0.784. The number of ether oxygens (including phenoxy) is 2. The van der Waals surface area contributed by atoms with Gasteiger partial charge in [0.25, 0.3) is 0 Å². The van der Waals surface area contributed by atoms with E-state index in [0.29, 0.717) is 19.1 Å². The van der Waals surface area contributed by atoms with Gasteiger partial charge in [0.15, 0.2) is 0 Å². The van der Waals surface area contributed by atoms with E-state index in [9.17, 15) is 0 Å². The molecule has 3 rings (SSSR count). The van der Waals surface area contributed by atoms with Crippen LogP contribution < -0.4 is 0 Å². The van der Waals surface area contributed by atoms with E-state index in [1.54, 1.807) is 0 Å². The molecule has 0 amide bonds. The van der Waals surface area contributed by atoms with Crippen molar-refractivity contribution in [3.8, 4) is 0 Å². The predicted octanol–water partition coefficient (Wildman–Crippen LogP) is 2.89. The Hall–Kier alpha value is -0.870. The Labute approximate surface area is 116 Å². The van der Waals surface area contributed by atoms with Gasteiger partial charge in [-0.1, -0.05) is 27.7 Å². The van der Waals surface area contributed by atoms with Crippen LogP contribution in [0.15, 0.2) is 6.20 Å². The summed E-state index contributed by atoms with van der Waals surface area (Å²) < 4.78 is 13.9. The summed E-state index contributed by atoms with van der Waals surface area (Å²) in [6.07, 6.45) is 1.94. The van der Waals surface area contributed by atoms with E-state index < -0.39 is 0 Å². The largest absolute Gasteiger partial charge is 0.375 e. The number of nitrogens with zero attached hydrogens (tertiary/aromatic N) is 2. The molecular formula is C15H26N2O2. The van der Waals surface area contributed by atoms with Gasteiger partial charge in [0.2, 0.25) is 0 Å². The van der Waals surface area contributed by atoms with E-state index in [1.807, 2.05) is 20.0 Å². The lowest BCUT2D eigenvalue weighted by molar-refractivity contribution is -0.292. The van der Waals surface area contributed by atoms with Crippen molar-refractivity contribution < 1.29 is 9.47 Å². The average molecular weight is 266 g/mol. The van der Waals surface area contributed by atoms with Crippen LogP contribution in [0.25, 0.3) is 0 Å². The molecule has 2 aliphatic heterocycles. The Morgan fingerprint density at radius 3 is 2.42 bits per heavy atom. The third kappa shape index (κ3) is 2.11. The fraction of sp³-hybridized carbons (Fsp3) is 0.800. The van der Waals surface area contributed by atoms with Gasteiger partial charge < -0.3 is 9.47 Å². The summed E-state index contributed by atoms with van der Waals surface area (Å²) in [5.41, 5.74) is 2.04. The molecular weight excluding hydrogens is 240 g/mol. The molecule has 4 nitrogen and oxygen atoms in total. The van der Waals surface area contributed by atoms with E-state index in [4.69, 9.17) is 9.47 Å². The molecule has 1 atom stereocenters. The van der Waals surface area contributed by atoms with E-state index >= 15 is 0 Å². The molecule has 2 aliphatic rings. The van der Waals surface area contributed by atoms with Gasteiger partial charge in [-0.05, 0) is 25.3 Å². The molecule has 0 bridgehead atoms. The van der Waals surface area contributed by atoms with Gasteiger partial charge in [-0.15, -0.1) is 0 Å². The molecule has 3 heterocycles. The second-order valence-electron chi connectivity index (χ2n) is 5.87. The molecule has 0 radical (unpaired) electrons.